The van der Waals surface area contributed by atoms with E-state index >= 15 is 0 Å². The summed E-state index contributed by atoms with van der Waals surface area (Å²) >= 11 is 5.86. The van der Waals surface area contributed by atoms with Crippen LogP contribution < -0.4 is 10.6 Å². The number of aromatic nitrogens is 2. The second-order valence-corrected chi connectivity index (χ2v) is 8.26. The molecule has 0 spiro atoms. The molecule has 0 aliphatic carbocycles. The molecule has 0 fully saturated rings. The third-order valence-corrected chi connectivity index (χ3v) is 4.05. The van der Waals surface area contributed by atoms with Crippen molar-refractivity contribution in [3.63, 3.8) is 0 Å². The summed E-state index contributed by atoms with van der Waals surface area (Å²) in [4.78, 5) is 29.0. The van der Waals surface area contributed by atoms with Crippen molar-refractivity contribution < 1.29 is 14.3 Å². The van der Waals surface area contributed by atoms with Gasteiger partial charge in [-0.2, -0.15) is 0 Å². The fraction of sp³-hybridized carbons (Fsp3) is 0.450. The number of imidazole rings is 1. The van der Waals surface area contributed by atoms with E-state index in [1.54, 1.807) is 41.2 Å². The molecule has 1 aromatic heterocycles. The van der Waals surface area contributed by atoms with Gasteiger partial charge in [0.1, 0.15) is 18.0 Å². The van der Waals surface area contributed by atoms with E-state index in [9.17, 15) is 9.59 Å². The molecule has 0 saturated heterocycles. The number of amides is 2. The zero-order chi connectivity index (χ0) is 20.9. The van der Waals surface area contributed by atoms with Crippen LogP contribution in [0.2, 0.25) is 5.02 Å². The zero-order valence-corrected chi connectivity index (χ0v) is 17.6. The lowest BCUT2D eigenvalue weighted by Gasteiger charge is -2.24. The summed E-state index contributed by atoms with van der Waals surface area (Å²) in [5, 5.41) is 6.29. The van der Waals surface area contributed by atoms with Crippen LogP contribution in [-0.4, -0.2) is 27.2 Å². The molecule has 7 nitrogen and oxygen atoms in total. The van der Waals surface area contributed by atoms with Crippen molar-refractivity contribution in [3.8, 4) is 0 Å². The average Bonchev–Trinajstić information content (AvgIpc) is 3.00. The number of carbonyl (C=O) groups excluding carboxylic acids is 2. The van der Waals surface area contributed by atoms with Gasteiger partial charge in [-0.25, -0.2) is 9.78 Å². The Morgan fingerprint density at radius 1 is 1.21 bits per heavy atom. The number of nitrogens with one attached hydrogen (secondary N) is 2. The summed E-state index contributed by atoms with van der Waals surface area (Å²) in [5.74, 6) is 0.280. The summed E-state index contributed by atoms with van der Waals surface area (Å²) < 4.78 is 7.07. The number of ether oxygens (including phenoxy) is 1. The Morgan fingerprint density at radius 3 is 2.43 bits per heavy atom. The maximum Gasteiger partial charge on any atom is 0.326 e. The van der Waals surface area contributed by atoms with Gasteiger partial charge in [0.05, 0.1) is 6.04 Å². The first-order valence-corrected chi connectivity index (χ1v) is 9.49. The molecule has 2 rings (SSSR count). The number of carbonyl (C=O) groups is 2. The second-order valence-electron chi connectivity index (χ2n) is 7.83. The van der Waals surface area contributed by atoms with Crippen LogP contribution in [0.3, 0.4) is 0 Å². The summed E-state index contributed by atoms with van der Waals surface area (Å²) in [7, 11) is 0. The van der Waals surface area contributed by atoms with Gasteiger partial charge in [0.15, 0.2) is 0 Å². The molecule has 28 heavy (non-hydrogen) atoms. The third-order valence-electron chi connectivity index (χ3n) is 3.80. The van der Waals surface area contributed by atoms with Crippen LogP contribution in [0.15, 0.2) is 36.7 Å². The molecule has 0 aliphatic heterocycles. The molecule has 1 atom stereocenters. The van der Waals surface area contributed by atoms with Gasteiger partial charge in [-0.1, -0.05) is 25.4 Å². The van der Waals surface area contributed by atoms with Gasteiger partial charge in [-0.05, 0) is 51.0 Å². The van der Waals surface area contributed by atoms with Crippen molar-refractivity contribution in [1.82, 2.24) is 14.9 Å². The molecule has 0 radical (unpaired) electrons. The van der Waals surface area contributed by atoms with Crippen molar-refractivity contribution in [2.45, 2.75) is 52.8 Å². The molecule has 2 amide bonds. The lowest BCUT2D eigenvalue weighted by molar-refractivity contribution is -0.155. The minimum Gasteiger partial charge on any atom is -0.459 e. The van der Waals surface area contributed by atoms with Crippen LogP contribution >= 0.6 is 11.6 Å². The number of halogens is 1. The molecule has 8 heteroatoms. The van der Waals surface area contributed by atoms with Gasteiger partial charge in [0.25, 0.3) is 0 Å². The Morgan fingerprint density at radius 2 is 1.86 bits per heavy atom. The topological polar surface area (TPSA) is 85.3 Å². The van der Waals surface area contributed by atoms with Gasteiger partial charge in [-0.15, -0.1) is 0 Å². The van der Waals surface area contributed by atoms with E-state index in [2.05, 4.69) is 15.6 Å². The Labute approximate surface area is 170 Å². The Kier molecular flexibility index (Phi) is 7.07. The number of rotatable bonds is 6. The first-order valence-electron chi connectivity index (χ1n) is 9.11. The minimum absolute atomic E-state index is 0.0241. The van der Waals surface area contributed by atoms with Crippen LogP contribution in [-0.2, 0) is 16.1 Å². The highest BCUT2D eigenvalue weighted by Crippen LogP contribution is 2.21. The molecule has 2 aromatic rings. The second kappa shape index (κ2) is 9.10. The number of hydrogen-bond acceptors (Lipinski definition) is 4. The van der Waals surface area contributed by atoms with E-state index in [1.165, 1.54) is 0 Å². The average molecular weight is 407 g/mol. The highest BCUT2D eigenvalue weighted by Gasteiger charge is 2.25. The van der Waals surface area contributed by atoms with E-state index in [-0.39, 0.29) is 30.5 Å². The van der Waals surface area contributed by atoms with Crippen molar-refractivity contribution >= 4 is 29.3 Å². The Bertz CT molecular complexity index is 810. The quantitative estimate of drug-likeness (QED) is 0.696. The summed E-state index contributed by atoms with van der Waals surface area (Å²) in [6, 6.07) is 6.08. The molecule has 2 N–H and O–H groups in total. The number of urea groups is 1. The van der Waals surface area contributed by atoms with E-state index < -0.39 is 5.60 Å². The molecule has 1 aromatic carbocycles. The third kappa shape index (κ3) is 6.56. The SMILES string of the molecule is CC(C)[C@H](NC(=O)Nc1ccc(Cl)cc1)c1nccn1CC(=O)OC(C)(C)C. The van der Waals surface area contributed by atoms with Crippen LogP contribution in [0.5, 0.6) is 0 Å². The molecule has 0 saturated carbocycles. The van der Waals surface area contributed by atoms with Crippen molar-refractivity contribution in [3.05, 3.63) is 47.5 Å². The molecule has 0 unspecified atom stereocenters. The zero-order valence-electron chi connectivity index (χ0n) is 16.8. The van der Waals surface area contributed by atoms with E-state index in [4.69, 9.17) is 16.3 Å². The highest BCUT2D eigenvalue weighted by atomic mass is 35.5. The Balaban J connectivity index is 2.09. The molecule has 152 valence electrons. The number of benzene rings is 1. The van der Waals surface area contributed by atoms with Gasteiger partial charge in [0, 0.05) is 23.1 Å². The first-order chi connectivity index (χ1) is 13.0. The number of hydrogen-bond donors (Lipinski definition) is 2. The van der Waals surface area contributed by atoms with Gasteiger partial charge in [0.2, 0.25) is 0 Å². The standard InChI is InChI=1S/C20H27ClN4O3/c1-13(2)17(24-19(27)23-15-8-6-14(21)7-9-15)18-22-10-11-25(18)12-16(26)28-20(3,4)5/h6-11,13,17H,12H2,1-5H3,(H2,23,24,27)/t17-/m0/s1. The van der Waals surface area contributed by atoms with Crippen molar-refractivity contribution in [2.24, 2.45) is 5.92 Å². The lowest BCUT2D eigenvalue weighted by Crippen LogP contribution is -2.37. The van der Waals surface area contributed by atoms with Gasteiger partial charge < -0.3 is 19.9 Å². The predicted molar refractivity (Wildman–Crippen MR) is 109 cm³/mol. The van der Waals surface area contributed by atoms with Gasteiger partial charge >= 0.3 is 12.0 Å². The fourth-order valence-corrected chi connectivity index (χ4v) is 2.74. The molecular weight excluding hydrogens is 380 g/mol. The van der Waals surface area contributed by atoms with Crippen molar-refractivity contribution in [2.75, 3.05) is 5.32 Å². The maximum absolute atomic E-state index is 12.4. The lowest BCUT2D eigenvalue weighted by atomic mass is 10.0. The van der Waals surface area contributed by atoms with Crippen LogP contribution in [0, 0.1) is 5.92 Å². The smallest absolute Gasteiger partial charge is 0.326 e. The molecule has 0 aliphatic rings. The molecular formula is C20H27ClN4O3. The van der Waals surface area contributed by atoms with Crippen LogP contribution in [0.4, 0.5) is 10.5 Å². The minimum atomic E-state index is -0.563. The van der Waals surface area contributed by atoms with E-state index in [0.29, 0.717) is 16.5 Å². The first kappa shape index (κ1) is 21.8. The summed E-state index contributed by atoms with van der Waals surface area (Å²) in [6.45, 7) is 9.42. The normalized spacial score (nSPS) is 12.5. The summed E-state index contributed by atoms with van der Waals surface area (Å²) in [6.07, 6.45) is 3.31. The van der Waals surface area contributed by atoms with Crippen molar-refractivity contribution in [1.29, 1.82) is 0 Å². The largest absolute Gasteiger partial charge is 0.459 e. The number of esters is 1. The Hall–Kier alpha value is -2.54. The van der Waals surface area contributed by atoms with Crippen LogP contribution in [0.1, 0.15) is 46.5 Å². The summed E-state index contributed by atoms with van der Waals surface area (Å²) in [5.41, 5.74) is 0.0629. The molecule has 0 bridgehead atoms. The number of anilines is 1. The fourth-order valence-electron chi connectivity index (χ4n) is 2.62. The predicted octanol–water partition coefficient (Wildman–Crippen LogP) is 4.40. The van der Waals surface area contributed by atoms with E-state index in [0.717, 1.165) is 0 Å². The monoisotopic (exact) mass is 406 g/mol. The molecule has 1 heterocycles. The maximum atomic E-state index is 12.4. The highest BCUT2D eigenvalue weighted by molar-refractivity contribution is 6.30. The number of nitrogens with zero attached hydrogens (tertiary/aromatic N) is 2. The van der Waals surface area contributed by atoms with E-state index in [1.807, 2.05) is 34.6 Å². The van der Waals surface area contributed by atoms with Gasteiger partial charge in [-0.3, -0.25) is 4.79 Å². The van der Waals surface area contributed by atoms with Crippen LogP contribution in [0.25, 0.3) is 0 Å².